The number of hydrogen-bond donors (Lipinski definition) is 1. The van der Waals surface area contributed by atoms with Crippen molar-refractivity contribution in [2.75, 3.05) is 19.6 Å². The minimum atomic E-state index is -0.670. The summed E-state index contributed by atoms with van der Waals surface area (Å²) in [5, 5.41) is 18.6. The third-order valence-electron chi connectivity index (χ3n) is 6.37. The number of non-ortho nitro benzene ring substituents is 1. The Hall–Kier alpha value is -4.45. The maximum Gasteiger partial charge on any atom is 0.326 e. The van der Waals surface area contributed by atoms with Crippen LogP contribution in [-0.2, 0) is 4.79 Å². The minimum absolute atomic E-state index is 0.122. The highest BCUT2D eigenvalue weighted by Crippen LogP contribution is 2.45. The molecule has 12 nitrogen and oxygen atoms in total. The number of halogens is 1. The van der Waals surface area contributed by atoms with E-state index in [1.165, 1.54) is 40.5 Å². The van der Waals surface area contributed by atoms with Gasteiger partial charge in [-0.05, 0) is 37.6 Å². The predicted octanol–water partition coefficient (Wildman–Crippen LogP) is 4.12. The molecule has 3 heterocycles. The summed E-state index contributed by atoms with van der Waals surface area (Å²) < 4.78 is 11.1. The minimum Gasteiger partial charge on any atom is -0.490 e. The van der Waals surface area contributed by atoms with Crippen molar-refractivity contribution in [2.24, 2.45) is 4.99 Å². The Morgan fingerprint density at radius 2 is 2.00 bits per heavy atom. The molecule has 0 unspecified atom stereocenters. The average molecular weight is 553 g/mol. The van der Waals surface area contributed by atoms with Crippen molar-refractivity contribution in [3.8, 4) is 5.75 Å². The van der Waals surface area contributed by atoms with Crippen molar-refractivity contribution in [1.29, 1.82) is 0 Å². The number of nitro groups is 1. The maximum atomic E-state index is 14.2. The molecule has 2 aliphatic rings. The van der Waals surface area contributed by atoms with Crippen molar-refractivity contribution in [2.45, 2.75) is 32.0 Å². The molecule has 202 valence electrons. The monoisotopic (exact) mass is 552 g/mol. The van der Waals surface area contributed by atoms with E-state index in [9.17, 15) is 19.7 Å². The molecule has 3 aromatic rings. The van der Waals surface area contributed by atoms with Gasteiger partial charge in [-0.3, -0.25) is 24.8 Å². The second-order valence-corrected chi connectivity index (χ2v) is 9.82. The van der Waals surface area contributed by atoms with E-state index < -0.39 is 23.0 Å². The molecule has 1 saturated heterocycles. The Bertz CT molecular complexity index is 1430. The molecule has 39 heavy (non-hydrogen) atoms. The van der Waals surface area contributed by atoms with Crippen LogP contribution in [0.1, 0.15) is 42.6 Å². The first-order valence-corrected chi connectivity index (χ1v) is 12.6. The largest absolute Gasteiger partial charge is 0.490 e. The Morgan fingerprint density at radius 3 is 2.64 bits per heavy atom. The normalized spacial score (nSPS) is 19.2. The number of carbonyl (C=O) groups is 2. The third-order valence-corrected chi connectivity index (χ3v) is 6.62. The van der Waals surface area contributed by atoms with Crippen molar-refractivity contribution < 1.29 is 23.8 Å². The van der Waals surface area contributed by atoms with Gasteiger partial charge >= 0.3 is 6.03 Å². The van der Waals surface area contributed by atoms with E-state index in [2.05, 4.69) is 10.5 Å². The fraction of sp³-hybridized carbons (Fsp3) is 0.308. The quantitative estimate of drug-likeness (QED) is 0.358. The van der Waals surface area contributed by atoms with Gasteiger partial charge in [0, 0.05) is 29.7 Å². The van der Waals surface area contributed by atoms with E-state index in [1.54, 1.807) is 38.1 Å². The number of amidine groups is 1. The van der Waals surface area contributed by atoms with Crippen LogP contribution in [0.3, 0.4) is 0 Å². The molecule has 1 N–H and O–H groups in total. The number of piperazine rings is 1. The van der Waals surface area contributed by atoms with Crippen LogP contribution in [0.15, 0.2) is 64.4 Å². The first-order valence-electron chi connectivity index (χ1n) is 12.3. The van der Waals surface area contributed by atoms with Crippen LogP contribution in [0, 0.1) is 10.1 Å². The van der Waals surface area contributed by atoms with E-state index in [4.69, 9.17) is 25.9 Å². The number of benzene rings is 2. The van der Waals surface area contributed by atoms with Crippen molar-refractivity contribution in [3.63, 3.8) is 0 Å². The first kappa shape index (κ1) is 26.2. The van der Waals surface area contributed by atoms with Crippen LogP contribution in [0.5, 0.6) is 5.75 Å². The molecule has 0 spiro atoms. The van der Waals surface area contributed by atoms with E-state index in [0.29, 0.717) is 29.2 Å². The summed E-state index contributed by atoms with van der Waals surface area (Å²) in [6, 6.07) is 9.46. The van der Waals surface area contributed by atoms with Crippen LogP contribution in [0.25, 0.3) is 0 Å². The molecule has 13 heteroatoms. The molecule has 0 bridgehead atoms. The highest BCUT2D eigenvalue weighted by molar-refractivity contribution is 6.30. The highest BCUT2D eigenvalue weighted by Gasteiger charge is 2.45. The van der Waals surface area contributed by atoms with Crippen LogP contribution in [0.2, 0.25) is 5.02 Å². The molecule has 0 saturated carbocycles. The summed E-state index contributed by atoms with van der Waals surface area (Å²) in [4.78, 5) is 45.3. The molecule has 2 atom stereocenters. The second kappa shape index (κ2) is 10.7. The van der Waals surface area contributed by atoms with Crippen LogP contribution in [0.4, 0.5) is 10.5 Å². The number of urea groups is 1. The van der Waals surface area contributed by atoms with E-state index in [1.807, 2.05) is 0 Å². The molecular formula is C26H25ClN6O6. The number of carbonyl (C=O) groups excluding carboxylic acids is 2. The number of amides is 3. The maximum absolute atomic E-state index is 14.2. The van der Waals surface area contributed by atoms with Gasteiger partial charge in [-0.25, -0.2) is 4.79 Å². The summed E-state index contributed by atoms with van der Waals surface area (Å²) >= 11 is 6.17. The van der Waals surface area contributed by atoms with Gasteiger partial charge in [0.15, 0.2) is 0 Å². The average Bonchev–Trinajstić information content (AvgIpc) is 3.57. The lowest BCUT2D eigenvalue weighted by molar-refractivity contribution is -0.384. The Kier molecular flexibility index (Phi) is 7.20. The number of rotatable bonds is 6. The summed E-state index contributed by atoms with van der Waals surface area (Å²) in [5.74, 6) is 0.167. The number of nitrogens with one attached hydrogen (secondary N) is 1. The van der Waals surface area contributed by atoms with Gasteiger partial charge in [0.05, 0.1) is 34.9 Å². The molecular weight excluding hydrogens is 528 g/mol. The molecule has 1 aromatic heterocycles. The topological polar surface area (TPSA) is 143 Å². The Balaban J connectivity index is 1.70. The SMILES string of the molecule is CC(C)Oc1cc([N+](=O)[O-])ccc1C1=N[C@@H](c2cnoc2)[C@@H](c2ccc(Cl)cc2)N1C(=O)N1CCNC(=O)C1. The molecule has 3 amide bonds. The number of nitrogens with zero attached hydrogens (tertiary/aromatic N) is 5. The molecule has 2 aromatic carbocycles. The lowest BCUT2D eigenvalue weighted by Crippen LogP contribution is -2.55. The number of hydrogen-bond acceptors (Lipinski definition) is 8. The lowest BCUT2D eigenvalue weighted by atomic mass is 9.95. The van der Waals surface area contributed by atoms with Gasteiger partial charge in [0.25, 0.3) is 5.69 Å². The zero-order valence-electron chi connectivity index (χ0n) is 21.1. The first-order chi connectivity index (χ1) is 18.7. The third kappa shape index (κ3) is 5.28. The molecule has 5 rings (SSSR count). The smallest absolute Gasteiger partial charge is 0.326 e. The molecule has 1 fully saturated rings. The van der Waals surface area contributed by atoms with Crippen LogP contribution in [-0.4, -0.2) is 63.4 Å². The Morgan fingerprint density at radius 1 is 1.23 bits per heavy atom. The number of ether oxygens (including phenoxy) is 1. The Labute approximate surface area is 228 Å². The zero-order chi connectivity index (χ0) is 27.7. The fourth-order valence-electron chi connectivity index (χ4n) is 4.67. The number of aromatic nitrogens is 1. The van der Waals surface area contributed by atoms with Crippen molar-refractivity contribution >= 4 is 35.1 Å². The van der Waals surface area contributed by atoms with Gasteiger partial charge in [-0.2, -0.15) is 0 Å². The molecule has 2 aliphatic heterocycles. The summed E-state index contributed by atoms with van der Waals surface area (Å²) in [6.07, 6.45) is 2.67. The molecule has 0 aliphatic carbocycles. The lowest BCUT2D eigenvalue weighted by Gasteiger charge is -2.35. The van der Waals surface area contributed by atoms with Crippen LogP contribution >= 0.6 is 11.6 Å². The van der Waals surface area contributed by atoms with Crippen molar-refractivity contribution in [3.05, 3.63) is 86.8 Å². The fourth-order valence-corrected chi connectivity index (χ4v) is 4.79. The van der Waals surface area contributed by atoms with Gasteiger partial charge in [0.2, 0.25) is 5.91 Å². The standard InChI is InChI=1S/C26H25ClN6O6/c1-15(2)39-21-11-19(33(36)37)7-8-20(21)25-30-23(17-12-29-38-14-17)24(16-3-5-18(27)6-4-16)32(25)26(35)31-10-9-28-22(34)13-31/h3-8,11-12,14-15,23-24H,9-10,13H2,1-2H3,(H,28,34)/t23-,24+/m0/s1. The number of nitro benzene ring substituents is 1. The zero-order valence-corrected chi connectivity index (χ0v) is 21.9. The van der Waals surface area contributed by atoms with E-state index in [0.717, 1.165) is 5.56 Å². The van der Waals surface area contributed by atoms with Crippen LogP contribution < -0.4 is 10.1 Å². The van der Waals surface area contributed by atoms with E-state index in [-0.39, 0.29) is 35.8 Å². The molecule has 0 radical (unpaired) electrons. The summed E-state index contributed by atoms with van der Waals surface area (Å²) in [7, 11) is 0. The van der Waals surface area contributed by atoms with Gasteiger partial charge in [0.1, 0.15) is 30.4 Å². The number of aliphatic imine (C=N–C) groups is 1. The highest BCUT2D eigenvalue weighted by atomic mass is 35.5. The van der Waals surface area contributed by atoms with Gasteiger partial charge in [-0.1, -0.05) is 28.9 Å². The van der Waals surface area contributed by atoms with Crippen molar-refractivity contribution in [1.82, 2.24) is 20.3 Å². The summed E-state index contributed by atoms with van der Waals surface area (Å²) in [6.45, 7) is 4.08. The van der Waals surface area contributed by atoms with Gasteiger partial charge < -0.3 is 19.5 Å². The predicted molar refractivity (Wildman–Crippen MR) is 141 cm³/mol. The van der Waals surface area contributed by atoms with Gasteiger partial charge in [-0.15, -0.1) is 0 Å². The van der Waals surface area contributed by atoms with E-state index >= 15 is 0 Å². The second-order valence-electron chi connectivity index (χ2n) is 9.38. The summed E-state index contributed by atoms with van der Waals surface area (Å²) in [5.41, 5.74) is 1.57.